The fourth-order valence-corrected chi connectivity index (χ4v) is 3.52. The van der Waals surface area contributed by atoms with Gasteiger partial charge in [0.1, 0.15) is 0 Å². The molecule has 1 saturated heterocycles. The van der Waals surface area contributed by atoms with E-state index in [1.165, 1.54) is 0 Å². The molecule has 144 valence electrons. The molecule has 0 saturated carbocycles. The van der Waals surface area contributed by atoms with Crippen molar-refractivity contribution in [1.29, 1.82) is 0 Å². The van der Waals surface area contributed by atoms with E-state index in [1.54, 1.807) is 12.1 Å². The van der Waals surface area contributed by atoms with Crippen LogP contribution in [0.1, 0.15) is 34.6 Å². The molecule has 27 heavy (non-hydrogen) atoms. The highest BCUT2D eigenvalue weighted by molar-refractivity contribution is 5.94. The quantitative estimate of drug-likeness (QED) is 0.813. The number of nitrogens with zero attached hydrogens (tertiary/aromatic N) is 2. The molecule has 0 bridgehead atoms. The van der Waals surface area contributed by atoms with Crippen LogP contribution < -0.4 is 5.32 Å². The minimum Gasteiger partial charge on any atom is -0.481 e. The molecule has 1 aliphatic rings. The Balaban J connectivity index is 1.63. The van der Waals surface area contributed by atoms with E-state index in [0.717, 1.165) is 17.1 Å². The van der Waals surface area contributed by atoms with E-state index in [1.807, 2.05) is 36.7 Å². The highest BCUT2D eigenvalue weighted by Crippen LogP contribution is 2.24. The average Bonchev–Trinajstić information content (AvgIpc) is 3.00. The SMILES string of the molecule is Cc1cc(C)n(-c2ccc(C(=O)NCC(C(=O)O)C3CCOCC3)cc2)n1. The molecule has 2 N–H and O–H groups in total. The summed E-state index contributed by atoms with van der Waals surface area (Å²) in [5.41, 5.74) is 3.33. The summed E-state index contributed by atoms with van der Waals surface area (Å²) < 4.78 is 7.12. The largest absolute Gasteiger partial charge is 0.481 e. The maximum Gasteiger partial charge on any atom is 0.308 e. The van der Waals surface area contributed by atoms with Crippen LogP contribution in [0.15, 0.2) is 30.3 Å². The molecule has 7 heteroatoms. The first-order valence-electron chi connectivity index (χ1n) is 9.18. The number of aryl methyl sites for hydroxylation is 2. The minimum atomic E-state index is -0.873. The second kappa shape index (κ2) is 8.35. The number of rotatable bonds is 6. The third kappa shape index (κ3) is 4.54. The first-order chi connectivity index (χ1) is 13.0. The summed E-state index contributed by atoms with van der Waals surface area (Å²) in [6.07, 6.45) is 1.42. The van der Waals surface area contributed by atoms with Gasteiger partial charge in [-0.25, -0.2) is 4.68 Å². The molecule has 0 radical (unpaired) electrons. The van der Waals surface area contributed by atoms with Gasteiger partial charge in [-0.15, -0.1) is 0 Å². The van der Waals surface area contributed by atoms with Crippen LogP contribution in [0.2, 0.25) is 0 Å². The van der Waals surface area contributed by atoms with E-state index in [4.69, 9.17) is 4.74 Å². The second-order valence-corrected chi connectivity index (χ2v) is 6.99. The molecule has 2 heterocycles. The van der Waals surface area contributed by atoms with Crippen molar-refractivity contribution in [3.8, 4) is 5.69 Å². The molecule has 1 fully saturated rings. The van der Waals surface area contributed by atoms with Crippen LogP contribution in [0.4, 0.5) is 0 Å². The van der Waals surface area contributed by atoms with Gasteiger partial charge in [0.15, 0.2) is 0 Å². The highest BCUT2D eigenvalue weighted by Gasteiger charge is 2.30. The number of benzene rings is 1. The first kappa shape index (κ1) is 19.1. The van der Waals surface area contributed by atoms with Gasteiger partial charge in [-0.1, -0.05) is 0 Å². The number of hydrogen-bond acceptors (Lipinski definition) is 4. The lowest BCUT2D eigenvalue weighted by atomic mass is 9.86. The Kier molecular flexibility index (Phi) is 5.91. The monoisotopic (exact) mass is 371 g/mol. The number of carboxylic acid groups (broad SMARTS) is 1. The molecule has 2 aromatic rings. The Bertz CT molecular complexity index is 807. The normalized spacial score (nSPS) is 16.1. The molecular formula is C20H25N3O4. The molecule has 3 rings (SSSR count). The van der Waals surface area contributed by atoms with Crippen LogP contribution in [-0.2, 0) is 9.53 Å². The average molecular weight is 371 g/mol. The van der Waals surface area contributed by atoms with Crippen molar-refractivity contribution in [3.63, 3.8) is 0 Å². The van der Waals surface area contributed by atoms with Crippen LogP contribution >= 0.6 is 0 Å². The van der Waals surface area contributed by atoms with Gasteiger partial charge in [-0.2, -0.15) is 5.10 Å². The van der Waals surface area contributed by atoms with Crippen molar-refractivity contribution in [2.24, 2.45) is 11.8 Å². The number of hydrogen-bond donors (Lipinski definition) is 2. The second-order valence-electron chi connectivity index (χ2n) is 6.99. The summed E-state index contributed by atoms with van der Waals surface area (Å²) in [6.45, 7) is 5.19. The predicted molar refractivity (Wildman–Crippen MR) is 100 cm³/mol. The minimum absolute atomic E-state index is 0.0324. The van der Waals surface area contributed by atoms with Gasteiger partial charge < -0.3 is 15.2 Å². The van der Waals surface area contributed by atoms with E-state index < -0.39 is 11.9 Å². The topological polar surface area (TPSA) is 93.5 Å². The van der Waals surface area contributed by atoms with Gasteiger partial charge in [0, 0.05) is 31.0 Å². The number of ether oxygens (including phenoxy) is 1. The van der Waals surface area contributed by atoms with Crippen molar-refractivity contribution in [2.75, 3.05) is 19.8 Å². The Morgan fingerprint density at radius 1 is 1.26 bits per heavy atom. The van der Waals surface area contributed by atoms with Crippen molar-refractivity contribution in [1.82, 2.24) is 15.1 Å². The number of amides is 1. The number of aromatic nitrogens is 2. The van der Waals surface area contributed by atoms with Gasteiger partial charge in [0.25, 0.3) is 5.91 Å². The molecule has 0 spiro atoms. The number of carboxylic acids is 1. The Labute approximate surface area is 158 Å². The number of nitrogens with one attached hydrogen (secondary N) is 1. The summed E-state index contributed by atoms with van der Waals surface area (Å²) in [7, 11) is 0. The summed E-state index contributed by atoms with van der Waals surface area (Å²) >= 11 is 0. The van der Waals surface area contributed by atoms with E-state index in [0.29, 0.717) is 31.6 Å². The van der Waals surface area contributed by atoms with E-state index in [9.17, 15) is 14.7 Å². The Morgan fingerprint density at radius 3 is 2.48 bits per heavy atom. The van der Waals surface area contributed by atoms with Crippen molar-refractivity contribution in [3.05, 3.63) is 47.3 Å². The van der Waals surface area contributed by atoms with Gasteiger partial charge in [-0.3, -0.25) is 9.59 Å². The molecule has 1 atom stereocenters. The summed E-state index contributed by atoms with van der Waals surface area (Å²) in [6, 6.07) is 9.11. The fourth-order valence-electron chi connectivity index (χ4n) is 3.52. The van der Waals surface area contributed by atoms with Crippen molar-refractivity contribution in [2.45, 2.75) is 26.7 Å². The lowest BCUT2D eigenvalue weighted by Crippen LogP contribution is -2.39. The van der Waals surface area contributed by atoms with E-state index in [-0.39, 0.29) is 18.4 Å². The standard InChI is InChI=1S/C20H25N3O4/c1-13-11-14(2)23(22-13)17-5-3-16(4-6-17)19(24)21-12-18(20(25)26)15-7-9-27-10-8-15/h3-6,11,15,18H,7-10,12H2,1-2H3,(H,21,24)(H,25,26). The maximum absolute atomic E-state index is 12.4. The molecule has 1 aliphatic heterocycles. The Hall–Kier alpha value is -2.67. The van der Waals surface area contributed by atoms with Crippen LogP contribution in [-0.4, -0.2) is 46.5 Å². The molecule has 1 aromatic carbocycles. The maximum atomic E-state index is 12.4. The zero-order valence-corrected chi connectivity index (χ0v) is 15.6. The van der Waals surface area contributed by atoms with Gasteiger partial charge in [0.2, 0.25) is 0 Å². The van der Waals surface area contributed by atoms with Crippen LogP contribution in [0, 0.1) is 25.7 Å². The molecule has 0 aliphatic carbocycles. The van der Waals surface area contributed by atoms with Crippen molar-refractivity contribution >= 4 is 11.9 Å². The third-order valence-electron chi connectivity index (χ3n) is 5.02. The van der Waals surface area contributed by atoms with Crippen LogP contribution in [0.25, 0.3) is 5.69 Å². The highest BCUT2D eigenvalue weighted by atomic mass is 16.5. The molecule has 1 unspecified atom stereocenters. The third-order valence-corrected chi connectivity index (χ3v) is 5.02. The summed E-state index contributed by atoms with van der Waals surface area (Å²) in [4.78, 5) is 24.0. The summed E-state index contributed by atoms with van der Waals surface area (Å²) in [5.74, 6) is -1.70. The van der Waals surface area contributed by atoms with E-state index >= 15 is 0 Å². The summed E-state index contributed by atoms with van der Waals surface area (Å²) in [5, 5.41) is 16.7. The number of carbonyl (C=O) groups excluding carboxylic acids is 1. The molecule has 1 amide bonds. The van der Waals surface area contributed by atoms with Crippen LogP contribution in [0.5, 0.6) is 0 Å². The van der Waals surface area contributed by atoms with E-state index in [2.05, 4.69) is 10.4 Å². The lowest BCUT2D eigenvalue weighted by molar-refractivity contribution is -0.144. The van der Waals surface area contributed by atoms with Gasteiger partial charge in [-0.05, 0) is 62.9 Å². The number of carbonyl (C=O) groups is 2. The van der Waals surface area contributed by atoms with Gasteiger partial charge >= 0.3 is 5.97 Å². The fraction of sp³-hybridized carbons (Fsp3) is 0.450. The lowest BCUT2D eigenvalue weighted by Gasteiger charge is -2.27. The molecule has 1 aromatic heterocycles. The zero-order chi connectivity index (χ0) is 19.4. The predicted octanol–water partition coefficient (Wildman–Crippen LogP) is 2.35. The smallest absolute Gasteiger partial charge is 0.308 e. The van der Waals surface area contributed by atoms with Crippen LogP contribution in [0.3, 0.4) is 0 Å². The molecular weight excluding hydrogens is 346 g/mol. The number of aliphatic carboxylic acids is 1. The van der Waals surface area contributed by atoms with Gasteiger partial charge in [0.05, 0.1) is 17.3 Å². The Morgan fingerprint density at radius 2 is 1.93 bits per heavy atom. The van der Waals surface area contributed by atoms with Crippen molar-refractivity contribution < 1.29 is 19.4 Å². The molecule has 7 nitrogen and oxygen atoms in total. The zero-order valence-electron chi connectivity index (χ0n) is 15.6. The first-order valence-corrected chi connectivity index (χ1v) is 9.18.